The summed E-state index contributed by atoms with van der Waals surface area (Å²) in [4.78, 5) is 2.18. The van der Waals surface area contributed by atoms with Gasteiger partial charge in [0, 0.05) is 0 Å². The lowest BCUT2D eigenvalue weighted by Crippen LogP contribution is -2.26. The van der Waals surface area contributed by atoms with Crippen molar-refractivity contribution < 1.29 is 0 Å². The van der Waals surface area contributed by atoms with Gasteiger partial charge in [0.15, 0.2) is 0 Å². The average molecular weight is 221 g/mol. The SMILES string of the molecule is CCCN(CC#N)CCCCC(C)(C)C#N. The fourth-order valence-electron chi connectivity index (χ4n) is 1.64. The molecule has 0 saturated heterocycles. The quantitative estimate of drug-likeness (QED) is 0.467. The van der Waals surface area contributed by atoms with E-state index in [1.165, 1.54) is 0 Å². The summed E-state index contributed by atoms with van der Waals surface area (Å²) in [5.41, 5.74) is -0.204. The van der Waals surface area contributed by atoms with Crippen molar-refractivity contribution in [2.75, 3.05) is 19.6 Å². The molecule has 0 atom stereocenters. The van der Waals surface area contributed by atoms with Gasteiger partial charge in [0.05, 0.1) is 24.1 Å². The summed E-state index contributed by atoms with van der Waals surface area (Å²) in [6, 6.07) is 4.51. The molecule has 0 amide bonds. The first-order chi connectivity index (χ1) is 7.55. The number of nitriles is 2. The highest BCUT2D eigenvalue weighted by Gasteiger charge is 2.15. The van der Waals surface area contributed by atoms with Crippen LogP contribution in [0.4, 0.5) is 0 Å². The maximum atomic E-state index is 8.87. The largest absolute Gasteiger partial charge is 0.291 e. The van der Waals surface area contributed by atoms with E-state index < -0.39 is 0 Å². The Labute approximate surface area is 99.7 Å². The van der Waals surface area contributed by atoms with Crippen LogP contribution in [0.15, 0.2) is 0 Å². The summed E-state index contributed by atoms with van der Waals surface area (Å²) in [6.07, 6.45) is 4.17. The van der Waals surface area contributed by atoms with Gasteiger partial charge in [-0.3, -0.25) is 4.90 Å². The fourth-order valence-corrected chi connectivity index (χ4v) is 1.64. The molecule has 0 saturated carbocycles. The van der Waals surface area contributed by atoms with Crippen LogP contribution in [0, 0.1) is 28.1 Å². The fraction of sp³-hybridized carbons (Fsp3) is 0.846. The van der Waals surface area contributed by atoms with E-state index in [2.05, 4.69) is 24.0 Å². The van der Waals surface area contributed by atoms with Crippen LogP contribution in [0.25, 0.3) is 0 Å². The Balaban J connectivity index is 3.71. The van der Waals surface area contributed by atoms with E-state index in [0.29, 0.717) is 6.54 Å². The highest BCUT2D eigenvalue weighted by Crippen LogP contribution is 2.21. The molecular weight excluding hydrogens is 198 g/mol. The highest BCUT2D eigenvalue weighted by atomic mass is 15.1. The van der Waals surface area contributed by atoms with Crippen molar-refractivity contribution in [3.63, 3.8) is 0 Å². The zero-order valence-corrected chi connectivity index (χ0v) is 10.8. The minimum Gasteiger partial charge on any atom is -0.291 e. The molecule has 0 radical (unpaired) electrons. The number of rotatable bonds is 8. The Morgan fingerprint density at radius 1 is 1.12 bits per heavy atom. The van der Waals surface area contributed by atoms with Gasteiger partial charge in [-0.15, -0.1) is 0 Å². The van der Waals surface area contributed by atoms with Crippen molar-refractivity contribution in [1.29, 1.82) is 10.5 Å². The molecule has 0 heterocycles. The lowest BCUT2D eigenvalue weighted by atomic mass is 9.89. The molecule has 0 aromatic heterocycles. The van der Waals surface area contributed by atoms with Gasteiger partial charge < -0.3 is 0 Å². The molecule has 3 heteroatoms. The van der Waals surface area contributed by atoms with Crippen LogP contribution in [0.2, 0.25) is 0 Å². The van der Waals surface area contributed by atoms with Gasteiger partial charge >= 0.3 is 0 Å². The molecule has 3 nitrogen and oxygen atoms in total. The van der Waals surface area contributed by atoms with E-state index >= 15 is 0 Å². The third-order valence-electron chi connectivity index (χ3n) is 2.66. The van der Waals surface area contributed by atoms with Gasteiger partial charge in [0.2, 0.25) is 0 Å². The van der Waals surface area contributed by atoms with Crippen molar-refractivity contribution in [2.24, 2.45) is 5.41 Å². The Kier molecular flexibility index (Phi) is 7.60. The van der Waals surface area contributed by atoms with E-state index in [9.17, 15) is 0 Å². The molecule has 0 rings (SSSR count). The summed E-state index contributed by atoms with van der Waals surface area (Å²) >= 11 is 0. The lowest BCUT2D eigenvalue weighted by Gasteiger charge is -2.19. The number of hydrogen-bond acceptors (Lipinski definition) is 3. The van der Waals surface area contributed by atoms with Crippen molar-refractivity contribution in [2.45, 2.75) is 46.5 Å². The Hall–Kier alpha value is -1.06. The summed E-state index contributed by atoms with van der Waals surface area (Å²) in [7, 11) is 0. The second-order valence-electron chi connectivity index (χ2n) is 4.89. The summed E-state index contributed by atoms with van der Waals surface area (Å²) < 4.78 is 0. The summed E-state index contributed by atoms with van der Waals surface area (Å²) in [5.74, 6) is 0. The third-order valence-corrected chi connectivity index (χ3v) is 2.66. The number of hydrogen-bond donors (Lipinski definition) is 0. The van der Waals surface area contributed by atoms with E-state index in [0.717, 1.165) is 38.8 Å². The van der Waals surface area contributed by atoms with Gasteiger partial charge in [0.25, 0.3) is 0 Å². The van der Waals surface area contributed by atoms with Gasteiger partial charge in [-0.25, -0.2) is 0 Å². The van der Waals surface area contributed by atoms with Crippen LogP contribution in [-0.4, -0.2) is 24.5 Å². The zero-order chi connectivity index (χ0) is 12.4. The van der Waals surface area contributed by atoms with E-state index in [4.69, 9.17) is 10.5 Å². The second-order valence-corrected chi connectivity index (χ2v) is 4.89. The Bertz CT molecular complexity index is 257. The third kappa shape index (κ3) is 7.26. The van der Waals surface area contributed by atoms with Gasteiger partial charge in [-0.05, 0) is 46.2 Å². The van der Waals surface area contributed by atoms with E-state index in [1.807, 2.05) is 13.8 Å². The lowest BCUT2D eigenvalue weighted by molar-refractivity contribution is 0.290. The van der Waals surface area contributed by atoms with E-state index in [1.54, 1.807) is 0 Å². The molecule has 0 spiro atoms. The molecule has 0 aromatic carbocycles. The molecule has 0 aliphatic rings. The van der Waals surface area contributed by atoms with Crippen molar-refractivity contribution in [1.82, 2.24) is 4.90 Å². The molecule has 16 heavy (non-hydrogen) atoms. The molecule has 0 aliphatic heterocycles. The zero-order valence-electron chi connectivity index (χ0n) is 10.8. The smallest absolute Gasteiger partial charge is 0.0865 e. The molecule has 0 fully saturated rings. The van der Waals surface area contributed by atoms with Crippen LogP contribution in [0.5, 0.6) is 0 Å². The molecule has 0 bridgehead atoms. The Morgan fingerprint density at radius 2 is 1.81 bits per heavy atom. The van der Waals surface area contributed by atoms with Crippen LogP contribution >= 0.6 is 0 Å². The van der Waals surface area contributed by atoms with Crippen LogP contribution < -0.4 is 0 Å². The molecular formula is C13H23N3. The molecule has 0 N–H and O–H groups in total. The molecule has 0 unspecified atom stereocenters. The minimum absolute atomic E-state index is 0.204. The predicted molar refractivity (Wildman–Crippen MR) is 65.6 cm³/mol. The topological polar surface area (TPSA) is 50.8 Å². The minimum atomic E-state index is -0.204. The number of unbranched alkanes of at least 4 members (excludes halogenated alkanes) is 1. The molecule has 0 aromatic rings. The maximum Gasteiger partial charge on any atom is 0.0865 e. The summed E-state index contributed by atoms with van der Waals surface area (Å²) in [6.45, 7) is 8.58. The number of nitrogens with zero attached hydrogens (tertiary/aromatic N) is 3. The second kappa shape index (κ2) is 8.13. The molecule has 90 valence electrons. The maximum absolute atomic E-state index is 8.87. The highest BCUT2D eigenvalue weighted by molar-refractivity contribution is 4.91. The van der Waals surface area contributed by atoms with Gasteiger partial charge in [0.1, 0.15) is 0 Å². The van der Waals surface area contributed by atoms with Crippen LogP contribution in [-0.2, 0) is 0 Å². The van der Waals surface area contributed by atoms with Crippen molar-refractivity contribution >= 4 is 0 Å². The average Bonchev–Trinajstić information content (AvgIpc) is 2.25. The van der Waals surface area contributed by atoms with Gasteiger partial charge in [-0.2, -0.15) is 10.5 Å². The monoisotopic (exact) mass is 221 g/mol. The first kappa shape index (κ1) is 14.9. The first-order valence-corrected chi connectivity index (χ1v) is 6.06. The van der Waals surface area contributed by atoms with Crippen molar-refractivity contribution in [3.8, 4) is 12.1 Å². The van der Waals surface area contributed by atoms with Crippen LogP contribution in [0.3, 0.4) is 0 Å². The summed E-state index contributed by atoms with van der Waals surface area (Å²) in [5, 5.41) is 17.5. The van der Waals surface area contributed by atoms with E-state index in [-0.39, 0.29) is 5.41 Å². The van der Waals surface area contributed by atoms with Crippen LogP contribution in [0.1, 0.15) is 46.5 Å². The molecule has 0 aliphatic carbocycles. The van der Waals surface area contributed by atoms with Crippen molar-refractivity contribution in [3.05, 3.63) is 0 Å². The first-order valence-electron chi connectivity index (χ1n) is 6.06. The predicted octanol–water partition coefficient (Wildman–Crippen LogP) is 2.94. The normalized spacial score (nSPS) is 11.1. The van der Waals surface area contributed by atoms with Gasteiger partial charge in [-0.1, -0.05) is 13.3 Å². The standard InChI is InChI=1S/C13H23N3/c1-4-9-16(11-8-14)10-6-5-7-13(2,3)12-15/h4-7,9-11H2,1-3H3. The Morgan fingerprint density at radius 3 is 2.31 bits per heavy atom.